The van der Waals surface area contributed by atoms with Crippen molar-refractivity contribution < 1.29 is 27.5 Å². The van der Waals surface area contributed by atoms with E-state index in [0.717, 1.165) is 16.5 Å². The van der Waals surface area contributed by atoms with E-state index in [1.54, 1.807) is 36.7 Å². The van der Waals surface area contributed by atoms with Gasteiger partial charge in [0.1, 0.15) is 23.3 Å². The molecular weight excluding hydrogens is 786 g/mol. The largest absolute Gasteiger partial charge is 0.412 e. The number of hydrogen-bond acceptors (Lipinski definition) is 11. The van der Waals surface area contributed by atoms with Crippen LogP contribution in [0.5, 0.6) is 0 Å². The first-order valence-corrected chi connectivity index (χ1v) is 20.6. The maximum absolute atomic E-state index is 14.1. The van der Waals surface area contributed by atoms with Gasteiger partial charge in [0, 0.05) is 73.0 Å². The molecule has 1 saturated heterocycles. The fourth-order valence-electron chi connectivity index (χ4n) is 7.37. The molecule has 0 spiro atoms. The van der Waals surface area contributed by atoms with Crippen LogP contribution in [0.25, 0.3) is 32.2 Å². The van der Waals surface area contributed by atoms with Gasteiger partial charge in [0.2, 0.25) is 15.9 Å². The number of rotatable bonds is 8. The number of likely N-dealkylation sites (tertiary alicyclic amines) is 1. The minimum atomic E-state index is -3.71. The van der Waals surface area contributed by atoms with E-state index in [-0.39, 0.29) is 54.3 Å². The second kappa shape index (κ2) is 15.8. The third-order valence-electron chi connectivity index (χ3n) is 10.2. The highest BCUT2D eigenvalue weighted by Gasteiger charge is 2.48. The van der Waals surface area contributed by atoms with Crippen molar-refractivity contribution in [3.8, 4) is 29.0 Å². The van der Waals surface area contributed by atoms with E-state index >= 15 is 0 Å². The van der Waals surface area contributed by atoms with E-state index in [4.69, 9.17) is 11.6 Å². The first-order valence-electron chi connectivity index (χ1n) is 17.4. The Hall–Kier alpha value is -5.04. The molecule has 0 bridgehead atoms. The molecular formula is C38H37ClF2N8O5S2. The van der Waals surface area contributed by atoms with Crippen LogP contribution >= 0.6 is 22.9 Å². The summed E-state index contributed by atoms with van der Waals surface area (Å²) in [4.78, 5) is 44.1. The molecule has 5 heterocycles. The van der Waals surface area contributed by atoms with E-state index in [1.165, 1.54) is 22.1 Å². The van der Waals surface area contributed by atoms with Crippen LogP contribution in [0.15, 0.2) is 46.8 Å². The molecule has 2 fully saturated rings. The summed E-state index contributed by atoms with van der Waals surface area (Å²) in [6.45, 7) is 2.99. The molecule has 2 aliphatic rings. The summed E-state index contributed by atoms with van der Waals surface area (Å²) < 4.78 is 54.2. The number of sulfonamides is 1. The van der Waals surface area contributed by atoms with Crippen molar-refractivity contribution in [3.63, 3.8) is 0 Å². The summed E-state index contributed by atoms with van der Waals surface area (Å²) >= 11 is 7.80. The lowest BCUT2D eigenvalue weighted by atomic mass is 9.85. The summed E-state index contributed by atoms with van der Waals surface area (Å²) in [5.41, 5.74) is 3.18. The van der Waals surface area contributed by atoms with Crippen LogP contribution < -0.4 is 15.2 Å². The highest BCUT2D eigenvalue weighted by atomic mass is 35.5. The van der Waals surface area contributed by atoms with Crippen molar-refractivity contribution in [2.75, 3.05) is 31.3 Å². The van der Waals surface area contributed by atoms with Crippen molar-refractivity contribution in [1.29, 1.82) is 5.26 Å². The summed E-state index contributed by atoms with van der Waals surface area (Å²) in [6, 6.07) is 9.16. The molecule has 0 atom stereocenters. The number of amides is 1. The van der Waals surface area contributed by atoms with Crippen LogP contribution in [-0.4, -0.2) is 88.6 Å². The average Bonchev–Trinajstić information content (AvgIpc) is 3.53. The Labute approximate surface area is 330 Å². The number of pyridine rings is 2. The number of nitrogens with one attached hydrogen (secondary N) is 1. The maximum Gasteiger partial charge on any atom is 0.263 e. The van der Waals surface area contributed by atoms with Crippen molar-refractivity contribution in [1.82, 2.24) is 29.1 Å². The number of nitriles is 1. The van der Waals surface area contributed by atoms with Crippen LogP contribution in [0.2, 0.25) is 5.02 Å². The summed E-state index contributed by atoms with van der Waals surface area (Å²) in [5, 5.41) is 12.7. The third-order valence-corrected chi connectivity index (χ3v) is 12.0. The van der Waals surface area contributed by atoms with Crippen molar-refractivity contribution >= 4 is 65.8 Å². The standard InChI is InChI=1S/C38H35ClF2N8O4S2.H2O/c1-22-45-31-20-44-36(47(2)26-9-13-48(14-10-26)27-17-38(40,41)18-27)30(19-42)33(31)37(51)49(22)12-4-5-23-6-7-25(39)16-29(23)28-8-11-43-34-24(21-54-35(28)34)15-32(50)46-55(3,52)53;/h6-8,11,16,20-21,26-27H,9-10,12-15,17-18H2,1-3H3,(H,46,50);1H2. The first kappa shape index (κ1) is 40.6. The number of fused-ring (bicyclic) bond motifs is 2. The molecule has 3 N–H and O–H groups in total. The number of aromatic nitrogens is 4. The van der Waals surface area contributed by atoms with Gasteiger partial charge >= 0.3 is 0 Å². The average molecular weight is 823 g/mol. The molecule has 56 heavy (non-hydrogen) atoms. The fourth-order valence-corrected chi connectivity index (χ4v) is 9.08. The molecule has 1 aromatic carbocycles. The van der Waals surface area contributed by atoms with Crippen LogP contribution in [0, 0.1) is 30.1 Å². The Balaban J connectivity index is 0.00000532. The number of halogens is 3. The molecule has 7 rings (SSSR count). The van der Waals surface area contributed by atoms with Gasteiger partial charge < -0.3 is 10.4 Å². The number of nitrogens with zero attached hydrogens (tertiary/aromatic N) is 7. The molecule has 0 unspecified atom stereocenters. The molecule has 1 aliphatic carbocycles. The molecule has 1 saturated carbocycles. The fraction of sp³-hybridized carbons (Fsp3) is 0.368. The lowest BCUT2D eigenvalue weighted by molar-refractivity contribution is -0.127. The number of aryl methyl sites for hydroxylation is 1. The highest BCUT2D eigenvalue weighted by Crippen LogP contribution is 2.42. The Kier molecular flexibility index (Phi) is 11.5. The van der Waals surface area contributed by atoms with Gasteiger partial charge in [-0.2, -0.15) is 5.26 Å². The Morgan fingerprint density at radius 2 is 1.91 bits per heavy atom. The zero-order chi connectivity index (χ0) is 39.2. The number of alkyl halides is 2. The maximum atomic E-state index is 14.1. The lowest BCUT2D eigenvalue weighted by Crippen LogP contribution is -2.55. The topological polar surface area (TPSA) is 186 Å². The van der Waals surface area contributed by atoms with Gasteiger partial charge in [0.25, 0.3) is 11.5 Å². The molecule has 4 aromatic heterocycles. The summed E-state index contributed by atoms with van der Waals surface area (Å²) in [5.74, 6) is 3.79. The number of thiophene rings is 1. The third kappa shape index (κ3) is 8.23. The minimum Gasteiger partial charge on any atom is -0.412 e. The number of hydrogen-bond donors (Lipinski definition) is 1. The van der Waals surface area contributed by atoms with Gasteiger partial charge in [0.15, 0.2) is 0 Å². The van der Waals surface area contributed by atoms with Crippen LogP contribution in [-0.2, 0) is 27.8 Å². The zero-order valence-electron chi connectivity index (χ0n) is 30.6. The van der Waals surface area contributed by atoms with Gasteiger partial charge in [-0.15, -0.1) is 11.3 Å². The van der Waals surface area contributed by atoms with Gasteiger partial charge in [0.05, 0.1) is 46.5 Å². The van der Waals surface area contributed by atoms with Crippen molar-refractivity contribution in [2.45, 2.75) is 63.6 Å². The van der Waals surface area contributed by atoms with E-state index in [9.17, 15) is 32.0 Å². The smallest absolute Gasteiger partial charge is 0.263 e. The molecule has 18 heteroatoms. The van der Waals surface area contributed by atoms with Crippen molar-refractivity contribution in [2.24, 2.45) is 0 Å². The molecule has 5 aromatic rings. The van der Waals surface area contributed by atoms with Crippen LogP contribution in [0.1, 0.15) is 48.2 Å². The molecule has 292 valence electrons. The number of carbonyl (C=O) groups is 1. The highest BCUT2D eigenvalue weighted by molar-refractivity contribution is 7.89. The normalized spacial score (nSPS) is 16.0. The lowest BCUT2D eigenvalue weighted by Gasteiger charge is -2.46. The van der Waals surface area contributed by atoms with Crippen molar-refractivity contribution in [3.05, 3.63) is 79.9 Å². The predicted molar refractivity (Wildman–Crippen MR) is 211 cm³/mol. The van der Waals surface area contributed by atoms with E-state index in [2.05, 4.69) is 37.8 Å². The Morgan fingerprint density at radius 3 is 2.59 bits per heavy atom. The Bertz CT molecular complexity index is 2640. The second-order valence-electron chi connectivity index (χ2n) is 13.9. The van der Waals surface area contributed by atoms with Crippen LogP contribution in [0.3, 0.4) is 0 Å². The summed E-state index contributed by atoms with van der Waals surface area (Å²) in [6.07, 6.45) is 5.05. The second-order valence-corrected chi connectivity index (χ2v) is 17.0. The first-order chi connectivity index (χ1) is 26.1. The van der Waals surface area contributed by atoms with Gasteiger partial charge in [-0.05, 0) is 55.0 Å². The van der Waals surface area contributed by atoms with Crippen LogP contribution in [0.4, 0.5) is 14.6 Å². The SMILES string of the molecule is Cc1nc2cnc(N(C)C3CCN(C4CC(F)(F)C4)CC3)c(C#N)c2c(=O)n1CC#Cc1ccc(Cl)cc1-c1ccnc2c(CC(=O)NS(C)(=O)=O)csc12.O. The predicted octanol–water partition coefficient (Wildman–Crippen LogP) is 4.45. The summed E-state index contributed by atoms with van der Waals surface area (Å²) in [7, 11) is -1.88. The number of benzene rings is 1. The minimum absolute atomic E-state index is 0. The number of carbonyl (C=O) groups excluding carboxylic acids is 1. The quantitative estimate of drug-likeness (QED) is 0.220. The van der Waals surface area contributed by atoms with E-state index in [1.807, 2.05) is 22.7 Å². The molecule has 13 nitrogen and oxygen atoms in total. The molecule has 0 radical (unpaired) electrons. The monoisotopic (exact) mass is 822 g/mol. The van der Waals surface area contributed by atoms with Gasteiger partial charge in [-0.25, -0.2) is 27.2 Å². The zero-order valence-corrected chi connectivity index (χ0v) is 33.0. The molecule has 1 aliphatic heterocycles. The Morgan fingerprint density at radius 1 is 1.18 bits per heavy atom. The number of piperidine rings is 1. The van der Waals surface area contributed by atoms with E-state index in [0.29, 0.717) is 70.3 Å². The van der Waals surface area contributed by atoms with E-state index < -0.39 is 27.4 Å². The number of anilines is 1. The van der Waals surface area contributed by atoms with Gasteiger partial charge in [-0.1, -0.05) is 23.4 Å². The van der Waals surface area contributed by atoms with Gasteiger partial charge in [-0.3, -0.25) is 28.8 Å². The molecule has 1 amide bonds.